The zero-order valence-electron chi connectivity index (χ0n) is 17.3. The first kappa shape index (κ1) is 22.4. The lowest BCUT2D eigenvalue weighted by Crippen LogP contribution is -2.44. The van der Waals surface area contributed by atoms with Gasteiger partial charge in [0.25, 0.3) is 0 Å². The topological polar surface area (TPSA) is 66.0 Å². The third-order valence-corrected chi connectivity index (χ3v) is 5.41. The third-order valence-electron chi connectivity index (χ3n) is 5.41. The number of ether oxygens (including phenoxy) is 1. The molecule has 1 saturated carbocycles. The Morgan fingerprint density at radius 1 is 1.13 bits per heavy atom. The maximum absolute atomic E-state index is 12.7. The zero-order valence-corrected chi connectivity index (χ0v) is 19.6. The van der Waals surface area contributed by atoms with Crippen LogP contribution >= 0.6 is 24.0 Å². The van der Waals surface area contributed by atoms with E-state index in [9.17, 15) is 4.79 Å². The van der Waals surface area contributed by atoms with Gasteiger partial charge in [0.05, 0.1) is 13.2 Å². The summed E-state index contributed by atoms with van der Waals surface area (Å²) in [5, 5.41) is 6.42. The Morgan fingerprint density at radius 3 is 2.70 bits per heavy atom. The average Bonchev–Trinajstić information content (AvgIpc) is 3.49. The Hall–Kier alpha value is -2.29. The Balaban J connectivity index is 0.00000256. The maximum Gasteiger partial charge on any atom is 0.246 e. The van der Waals surface area contributed by atoms with Crippen molar-refractivity contribution in [2.24, 2.45) is 10.9 Å². The molecule has 2 aliphatic rings. The maximum atomic E-state index is 12.7. The molecule has 2 aromatic rings. The third kappa shape index (κ3) is 5.65. The van der Waals surface area contributed by atoms with Gasteiger partial charge in [0.2, 0.25) is 5.91 Å². The number of amides is 1. The molecule has 0 bridgehead atoms. The fourth-order valence-electron chi connectivity index (χ4n) is 3.53. The number of aliphatic imine (C=N–C) groups is 1. The number of carbonyl (C=O) groups excluding carboxylic acids is 1. The van der Waals surface area contributed by atoms with E-state index in [0.717, 1.165) is 36.6 Å². The first-order valence-electron chi connectivity index (χ1n) is 10.3. The van der Waals surface area contributed by atoms with E-state index in [1.54, 1.807) is 7.05 Å². The number of anilines is 1. The Labute approximate surface area is 195 Å². The van der Waals surface area contributed by atoms with Gasteiger partial charge in [0.1, 0.15) is 5.75 Å². The van der Waals surface area contributed by atoms with Crippen LogP contribution in [-0.2, 0) is 17.8 Å². The van der Waals surface area contributed by atoms with Crippen molar-refractivity contribution < 1.29 is 9.53 Å². The summed E-state index contributed by atoms with van der Waals surface area (Å²) in [6.07, 6.45) is 3.45. The van der Waals surface area contributed by atoms with Crippen molar-refractivity contribution in [3.05, 3.63) is 59.7 Å². The number of halogens is 1. The summed E-state index contributed by atoms with van der Waals surface area (Å²) < 4.78 is 5.96. The number of benzene rings is 2. The van der Waals surface area contributed by atoms with Gasteiger partial charge in [-0.25, -0.2) is 0 Å². The van der Waals surface area contributed by atoms with Crippen molar-refractivity contribution in [1.82, 2.24) is 10.6 Å². The van der Waals surface area contributed by atoms with Gasteiger partial charge in [-0.1, -0.05) is 36.4 Å². The predicted octanol–water partition coefficient (Wildman–Crippen LogP) is 3.35. The number of para-hydroxylation sites is 2. The number of guanidine groups is 1. The smallest absolute Gasteiger partial charge is 0.246 e. The van der Waals surface area contributed by atoms with Gasteiger partial charge in [-0.2, -0.15) is 0 Å². The van der Waals surface area contributed by atoms with E-state index >= 15 is 0 Å². The molecule has 1 aliphatic heterocycles. The molecule has 6 nitrogen and oxygen atoms in total. The summed E-state index contributed by atoms with van der Waals surface area (Å²) in [7, 11) is 1.71. The standard InChI is InChI=1S/C23H28N4O2.HI/c1-24-23(25-14-19-7-3-5-9-21(19)29-16-17-10-11-17)26-15-22(28)27-13-12-18-6-2-4-8-20(18)27;/h2-9,17H,10-16H2,1H3,(H2,24,25,26);1H. The Morgan fingerprint density at radius 2 is 1.90 bits per heavy atom. The van der Waals surface area contributed by atoms with E-state index in [2.05, 4.69) is 27.8 Å². The predicted molar refractivity (Wildman–Crippen MR) is 131 cm³/mol. The molecule has 0 radical (unpaired) electrons. The van der Waals surface area contributed by atoms with Crippen LogP contribution in [0.1, 0.15) is 24.0 Å². The van der Waals surface area contributed by atoms with Gasteiger partial charge >= 0.3 is 0 Å². The molecule has 4 rings (SSSR count). The van der Waals surface area contributed by atoms with Crippen LogP contribution < -0.4 is 20.3 Å². The highest BCUT2D eigenvalue weighted by Gasteiger charge is 2.24. The lowest BCUT2D eigenvalue weighted by atomic mass is 10.2. The molecule has 1 amide bonds. The molecule has 0 aromatic heterocycles. The number of rotatable bonds is 7. The Bertz CT molecular complexity index is 898. The molecule has 160 valence electrons. The molecule has 0 saturated heterocycles. The first-order valence-corrected chi connectivity index (χ1v) is 10.3. The summed E-state index contributed by atoms with van der Waals surface area (Å²) in [5.41, 5.74) is 3.33. The lowest BCUT2D eigenvalue weighted by Gasteiger charge is -2.19. The van der Waals surface area contributed by atoms with Crippen LogP contribution in [-0.4, -0.2) is 38.6 Å². The summed E-state index contributed by atoms with van der Waals surface area (Å²) >= 11 is 0. The number of nitrogens with one attached hydrogen (secondary N) is 2. The average molecular weight is 520 g/mol. The summed E-state index contributed by atoms with van der Waals surface area (Å²) in [4.78, 5) is 18.8. The van der Waals surface area contributed by atoms with E-state index in [0.29, 0.717) is 18.4 Å². The highest BCUT2D eigenvalue weighted by Crippen LogP contribution is 2.30. The lowest BCUT2D eigenvalue weighted by molar-refractivity contribution is -0.117. The van der Waals surface area contributed by atoms with Gasteiger partial charge < -0.3 is 20.3 Å². The second-order valence-electron chi connectivity index (χ2n) is 7.57. The molecule has 2 aromatic carbocycles. The summed E-state index contributed by atoms with van der Waals surface area (Å²) in [5.74, 6) is 2.27. The van der Waals surface area contributed by atoms with E-state index < -0.39 is 0 Å². The fraction of sp³-hybridized carbons (Fsp3) is 0.391. The van der Waals surface area contributed by atoms with Gasteiger partial charge in [0, 0.05) is 31.4 Å². The van der Waals surface area contributed by atoms with Crippen LogP contribution in [0.2, 0.25) is 0 Å². The molecule has 1 heterocycles. The highest BCUT2D eigenvalue weighted by molar-refractivity contribution is 14.0. The van der Waals surface area contributed by atoms with Crippen LogP contribution in [0, 0.1) is 5.92 Å². The van der Waals surface area contributed by atoms with Crippen molar-refractivity contribution in [3.63, 3.8) is 0 Å². The summed E-state index contributed by atoms with van der Waals surface area (Å²) in [6, 6.07) is 16.1. The minimum absolute atomic E-state index is 0. The molecule has 30 heavy (non-hydrogen) atoms. The second-order valence-corrected chi connectivity index (χ2v) is 7.57. The second kappa shape index (κ2) is 10.7. The van der Waals surface area contributed by atoms with Crippen molar-refractivity contribution in [1.29, 1.82) is 0 Å². The number of carbonyl (C=O) groups is 1. The normalized spacial score (nSPS) is 15.2. The molecular weight excluding hydrogens is 491 g/mol. The number of hydrogen-bond donors (Lipinski definition) is 2. The van der Waals surface area contributed by atoms with Crippen molar-refractivity contribution >= 4 is 41.5 Å². The number of fused-ring (bicyclic) bond motifs is 1. The minimum atomic E-state index is 0. The van der Waals surface area contributed by atoms with Crippen molar-refractivity contribution in [2.45, 2.75) is 25.8 Å². The van der Waals surface area contributed by atoms with Crippen LogP contribution in [0.4, 0.5) is 5.69 Å². The quantitative estimate of drug-likeness (QED) is 0.334. The van der Waals surface area contributed by atoms with Crippen LogP contribution in [0.25, 0.3) is 0 Å². The first-order chi connectivity index (χ1) is 14.2. The number of hydrogen-bond acceptors (Lipinski definition) is 3. The number of nitrogens with zero attached hydrogens (tertiary/aromatic N) is 2. The molecule has 0 spiro atoms. The highest BCUT2D eigenvalue weighted by atomic mass is 127. The van der Waals surface area contributed by atoms with Crippen molar-refractivity contribution in [3.8, 4) is 5.75 Å². The minimum Gasteiger partial charge on any atom is -0.493 e. The molecule has 7 heteroatoms. The molecule has 0 unspecified atom stereocenters. The van der Waals surface area contributed by atoms with Crippen LogP contribution in [0.5, 0.6) is 5.75 Å². The molecule has 1 aliphatic carbocycles. The van der Waals surface area contributed by atoms with Crippen LogP contribution in [0.15, 0.2) is 53.5 Å². The Kier molecular flexibility index (Phi) is 7.95. The zero-order chi connectivity index (χ0) is 20.1. The van der Waals surface area contributed by atoms with E-state index in [4.69, 9.17) is 4.74 Å². The molecule has 1 fully saturated rings. The van der Waals surface area contributed by atoms with Gasteiger partial charge in [-0.05, 0) is 42.9 Å². The SMILES string of the molecule is CN=C(NCC(=O)N1CCc2ccccc21)NCc1ccccc1OCC1CC1.I. The summed E-state index contributed by atoms with van der Waals surface area (Å²) in [6.45, 7) is 2.31. The van der Waals surface area contributed by atoms with Crippen molar-refractivity contribution in [2.75, 3.05) is 31.6 Å². The van der Waals surface area contributed by atoms with E-state index in [-0.39, 0.29) is 36.4 Å². The van der Waals surface area contributed by atoms with E-state index in [1.807, 2.05) is 41.3 Å². The van der Waals surface area contributed by atoms with Gasteiger partial charge in [-0.3, -0.25) is 9.79 Å². The van der Waals surface area contributed by atoms with Crippen LogP contribution in [0.3, 0.4) is 0 Å². The van der Waals surface area contributed by atoms with Gasteiger partial charge in [0.15, 0.2) is 5.96 Å². The van der Waals surface area contributed by atoms with Gasteiger partial charge in [-0.15, -0.1) is 24.0 Å². The molecule has 0 atom stereocenters. The molecular formula is C23H29IN4O2. The monoisotopic (exact) mass is 520 g/mol. The van der Waals surface area contributed by atoms with E-state index in [1.165, 1.54) is 18.4 Å². The fourth-order valence-corrected chi connectivity index (χ4v) is 3.53. The largest absolute Gasteiger partial charge is 0.493 e. The molecule has 2 N–H and O–H groups in total.